The van der Waals surface area contributed by atoms with Gasteiger partial charge in [-0.2, -0.15) is 0 Å². The van der Waals surface area contributed by atoms with Crippen molar-refractivity contribution in [1.82, 2.24) is 16.2 Å². The first-order chi connectivity index (χ1) is 14.8. The molecule has 0 aliphatic rings. The smallest absolute Gasteiger partial charge is 0.338 e. The Labute approximate surface area is 186 Å². The molecule has 0 bridgehead atoms. The number of amides is 2. The number of ether oxygens (including phenoxy) is 2. The van der Waals surface area contributed by atoms with E-state index < -0.39 is 11.9 Å². The van der Waals surface area contributed by atoms with Gasteiger partial charge in [0.05, 0.1) is 12.2 Å². The third-order valence-corrected chi connectivity index (χ3v) is 4.32. The highest BCUT2D eigenvalue weighted by molar-refractivity contribution is 7.80. The molecule has 0 spiro atoms. The Bertz CT molecular complexity index is 927. The van der Waals surface area contributed by atoms with E-state index in [-0.39, 0.29) is 24.2 Å². The fourth-order valence-corrected chi connectivity index (χ4v) is 2.58. The second kappa shape index (κ2) is 11.7. The molecule has 0 saturated heterocycles. The molecule has 31 heavy (non-hydrogen) atoms. The minimum Gasteiger partial charge on any atom is -0.484 e. The molecule has 0 heterocycles. The number of carbonyl (C=O) groups excluding carboxylic acids is 3. The first-order valence-corrected chi connectivity index (χ1v) is 10.1. The number of rotatable bonds is 7. The number of esters is 1. The maximum absolute atomic E-state index is 12.2. The Morgan fingerprint density at radius 2 is 1.55 bits per heavy atom. The lowest BCUT2D eigenvalue weighted by molar-refractivity contribution is -0.123. The van der Waals surface area contributed by atoms with Gasteiger partial charge in [-0.15, -0.1) is 0 Å². The SMILES string of the molecule is CCOC(=O)c1ccc(OCC(=O)NNC(=S)NC(=O)c2ccc(C(C)C)cc2)cc1. The molecule has 0 aliphatic heterocycles. The Hall–Kier alpha value is -3.46. The topological polar surface area (TPSA) is 106 Å². The zero-order valence-corrected chi connectivity index (χ0v) is 18.4. The molecule has 0 radical (unpaired) electrons. The Morgan fingerprint density at radius 3 is 2.13 bits per heavy atom. The molecule has 0 fully saturated rings. The van der Waals surface area contributed by atoms with Crippen LogP contribution < -0.4 is 20.9 Å². The molecule has 9 heteroatoms. The highest BCUT2D eigenvalue weighted by atomic mass is 32.1. The third kappa shape index (κ3) is 7.71. The summed E-state index contributed by atoms with van der Waals surface area (Å²) in [6.45, 7) is 5.86. The molecule has 2 amide bonds. The number of benzene rings is 2. The zero-order chi connectivity index (χ0) is 22.8. The monoisotopic (exact) mass is 443 g/mol. The summed E-state index contributed by atoms with van der Waals surface area (Å²) in [4.78, 5) is 35.7. The van der Waals surface area contributed by atoms with Crippen molar-refractivity contribution in [3.05, 3.63) is 65.2 Å². The van der Waals surface area contributed by atoms with E-state index >= 15 is 0 Å². The number of thiocarbonyl (C=S) groups is 1. The minimum atomic E-state index is -0.507. The molecule has 2 aromatic carbocycles. The van der Waals surface area contributed by atoms with Crippen molar-refractivity contribution in [3.63, 3.8) is 0 Å². The zero-order valence-electron chi connectivity index (χ0n) is 17.6. The second-order valence-electron chi connectivity index (χ2n) is 6.77. The van der Waals surface area contributed by atoms with Crippen molar-refractivity contribution in [2.45, 2.75) is 26.7 Å². The number of hydrazine groups is 1. The van der Waals surface area contributed by atoms with E-state index in [4.69, 9.17) is 21.7 Å². The van der Waals surface area contributed by atoms with Crippen LogP contribution in [-0.2, 0) is 9.53 Å². The van der Waals surface area contributed by atoms with E-state index in [9.17, 15) is 14.4 Å². The predicted molar refractivity (Wildman–Crippen MR) is 120 cm³/mol. The maximum atomic E-state index is 12.2. The van der Waals surface area contributed by atoms with Gasteiger partial charge in [-0.05, 0) is 67.0 Å². The van der Waals surface area contributed by atoms with Gasteiger partial charge in [-0.3, -0.25) is 25.8 Å². The second-order valence-corrected chi connectivity index (χ2v) is 7.17. The summed E-state index contributed by atoms with van der Waals surface area (Å²) in [5, 5.41) is 2.43. The average molecular weight is 444 g/mol. The molecule has 0 saturated carbocycles. The molecule has 8 nitrogen and oxygen atoms in total. The van der Waals surface area contributed by atoms with E-state index in [0.717, 1.165) is 5.56 Å². The maximum Gasteiger partial charge on any atom is 0.338 e. The highest BCUT2D eigenvalue weighted by Crippen LogP contribution is 2.15. The summed E-state index contributed by atoms with van der Waals surface area (Å²) >= 11 is 5.01. The normalized spacial score (nSPS) is 10.2. The van der Waals surface area contributed by atoms with Crippen LogP contribution in [0.4, 0.5) is 0 Å². The first-order valence-electron chi connectivity index (χ1n) is 9.70. The van der Waals surface area contributed by atoms with Crippen molar-refractivity contribution in [1.29, 1.82) is 0 Å². The average Bonchev–Trinajstić information content (AvgIpc) is 2.76. The van der Waals surface area contributed by atoms with Crippen molar-refractivity contribution in [2.75, 3.05) is 13.2 Å². The van der Waals surface area contributed by atoms with Gasteiger partial charge >= 0.3 is 5.97 Å². The van der Waals surface area contributed by atoms with Gasteiger partial charge in [0.15, 0.2) is 11.7 Å². The van der Waals surface area contributed by atoms with E-state index in [0.29, 0.717) is 22.8 Å². The van der Waals surface area contributed by atoms with E-state index in [1.165, 1.54) is 0 Å². The van der Waals surface area contributed by atoms with Gasteiger partial charge in [0.2, 0.25) is 0 Å². The lowest BCUT2D eigenvalue weighted by Gasteiger charge is -2.12. The quantitative estimate of drug-likeness (QED) is 0.343. The van der Waals surface area contributed by atoms with Crippen LogP contribution in [0.1, 0.15) is 53.0 Å². The van der Waals surface area contributed by atoms with E-state index in [2.05, 4.69) is 30.0 Å². The van der Waals surface area contributed by atoms with Gasteiger partial charge in [0.1, 0.15) is 5.75 Å². The van der Waals surface area contributed by atoms with Gasteiger partial charge in [0, 0.05) is 5.56 Å². The van der Waals surface area contributed by atoms with Crippen LogP contribution in [0.2, 0.25) is 0 Å². The van der Waals surface area contributed by atoms with Crippen LogP contribution >= 0.6 is 12.2 Å². The molecule has 0 aliphatic carbocycles. The van der Waals surface area contributed by atoms with Crippen LogP contribution in [0.5, 0.6) is 5.75 Å². The third-order valence-electron chi connectivity index (χ3n) is 4.12. The molecular weight excluding hydrogens is 418 g/mol. The van der Waals surface area contributed by atoms with Crippen molar-refractivity contribution < 1.29 is 23.9 Å². The highest BCUT2D eigenvalue weighted by Gasteiger charge is 2.10. The number of hydrogen-bond donors (Lipinski definition) is 3. The molecular formula is C22H25N3O5S. The fourth-order valence-electron chi connectivity index (χ4n) is 2.44. The molecule has 0 atom stereocenters. The van der Waals surface area contributed by atoms with Crippen LogP contribution in [0.3, 0.4) is 0 Å². The van der Waals surface area contributed by atoms with Crippen LogP contribution in [0.15, 0.2) is 48.5 Å². The summed E-state index contributed by atoms with van der Waals surface area (Å²) in [7, 11) is 0. The van der Waals surface area contributed by atoms with Crippen molar-refractivity contribution in [2.24, 2.45) is 0 Å². The molecule has 3 N–H and O–H groups in total. The van der Waals surface area contributed by atoms with Crippen molar-refractivity contribution >= 4 is 35.1 Å². The lowest BCUT2D eigenvalue weighted by atomic mass is 10.0. The summed E-state index contributed by atoms with van der Waals surface area (Å²) in [6, 6.07) is 13.4. The predicted octanol–water partition coefficient (Wildman–Crippen LogP) is 2.70. The molecule has 164 valence electrons. The van der Waals surface area contributed by atoms with Crippen LogP contribution in [0, 0.1) is 0 Å². The number of nitrogens with one attached hydrogen (secondary N) is 3. The van der Waals surface area contributed by atoms with Gasteiger partial charge in [-0.1, -0.05) is 26.0 Å². The molecule has 0 unspecified atom stereocenters. The summed E-state index contributed by atoms with van der Waals surface area (Å²) in [5.41, 5.74) is 6.75. The Morgan fingerprint density at radius 1 is 0.935 bits per heavy atom. The van der Waals surface area contributed by atoms with Crippen LogP contribution in [-0.4, -0.2) is 36.1 Å². The number of carbonyl (C=O) groups is 3. The first kappa shape index (κ1) is 23.8. The van der Waals surface area contributed by atoms with Crippen molar-refractivity contribution in [3.8, 4) is 5.75 Å². The van der Waals surface area contributed by atoms with Crippen LogP contribution in [0.25, 0.3) is 0 Å². The Balaban J connectivity index is 1.73. The molecule has 2 rings (SSSR count). The molecule has 2 aromatic rings. The molecule has 0 aromatic heterocycles. The lowest BCUT2D eigenvalue weighted by Crippen LogP contribution is -2.49. The number of hydrogen-bond acceptors (Lipinski definition) is 6. The van der Waals surface area contributed by atoms with Gasteiger partial charge in [-0.25, -0.2) is 4.79 Å². The summed E-state index contributed by atoms with van der Waals surface area (Å²) in [6.07, 6.45) is 0. The minimum absolute atomic E-state index is 0.0509. The van der Waals surface area contributed by atoms with Gasteiger partial charge in [0.25, 0.3) is 11.8 Å². The van der Waals surface area contributed by atoms with E-state index in [1.807, 2.05) is 12.1 Å². The Kier molecular flexibility index (Phi) is 8.95. The van der Waals surface area contributed by atoms with Gasteiger partial charge < -0.3 is 9.47 Å². The largest absolute Gasteiger partial charge is 0.484 e. The summed E-state index contributed by atoms with van der Waals surface area (Å²) < 4.78 is 10.2. The van der Waals surface area contributed by atoms with E-state index in [1.54, 1.807) is 43.3 Å². The summed E-state index contributed by atoms with van der Waals surface area (Å²) in [5.74, 6) is -0.550. The fraction of sp³-hybridized carbons (Fsp3) is 0.273. The standard InChI is InChI=1S/C22H25N3O5S/c1-4-29-21(28)17-9-11-18(12-10-17)30-13-19(26)24-25-22(31)23-20(27)16-7-5-15(6-8-16)14(2)3/h5-12,14H,4,13H2,1-3H3,(H,24,26)(H2,23,25,27,31).